The van der Waals surface area contributed by atoms with Crippen molar-refractivity contribution in [2.24, 2.45) is 7.05 Å². The number of fused-ring (bicyclic) bond motifs is 2. The summed E-state index contributed by atoms with van der Waals surface area (Å²) in [6, 6.07) is -0.433. The molecule has 2 aliphatic heterocycles. The van der Waals surface area contributed by atoms with Crippen molar-refractivity contribution < 1.29 is 31.7 Å². The van der Waals surface area contributed by atoms with E-state index in [1.54, 1.807) is 24.0 Å². The van der Waals surface area contributed by atoms with Crippen LogP contribution in [0.25, 0.3) is 0 Å². The number of carbonyl (C=O) groups is 2. The lowest BCUT2D eigenvalue weighted by Crippen LogP contribution is -2.49. The molecule has 2 atom stereocenters. The number of urea groups is 1. The fourth-order valence-corrected chi connectivity index (χ4v) is 3.28. The molecular formula is C12H17N5O7S. The highest BCUT2D eigenvalue weighted by Gasteiger charge is 2.49. The number of nitrogens with one attached hydrogen (secondary N) is 1. The van der Waals surface area contributed by atoms with Gasteiger partial charge >= 0.3 is 16.4 Å². The smallest absolute Gasteiger partial charge is 0.309 e. The third-order valence-corrected chi connectivity index (χ3v) is 4.46. The fourth-order valence-electron chi connectivity index (χ4n) is 2.90. The van der Waals surface area contributed by atoms with Crippen LogP contribution in [0.4, 0.5) is 4.79 Å². The first kappa shape index (κ1) is 17.6. The first-order valence-corrected chi connectivity index (χ1v) is 8.78. The number of carbonyl (C=O) groups excluding carboxylic acids is 2. The van der Waals surface area contributed by atoms with Crippen LogP contribution in [0, 0.1) is 0 Å². The van der Waals surface area contributed by atoms with Crippen molar-refractivity contribution in [3.8, 4) is 0 Å². The minimum Gasteiger partial charge on any atom is -0.309 e. The molecule has 2 saturated heterocycles. The third kappa shape index (κ3) is 3.73. The number of hydroxylamine groups is 3. The second kappa shape index (κ2) is 6.59. The molecular weight excluding hydrogens is 358 g/mol. The quantitative estimate of drug-likeness (QED) is 0.475. The summed E-state index contributed by atoms with van der Waals surface area (Å²) < 4.78 is 36.3. The summed E-state index contributed by atoms with van der Waals surface area (Å²) in [5, 5.41) is 4.55. The van der Waals surface area contributed by atoms with Crippen LogP contribution >= 0.6 is 0 Å². The van der Waals surface area contributed by atoms with Gasteiger partial charge in [0.25, 0.3) is 5.91 Å². The van der Waals surface area contributed by atoms with E-state index in [9.17, 15) is 18.0 Å². The van der Waals surface area contributed by atoms with Crippen molar-refractivity contribution in [1.29, 1.82) is 0 Å². The van der Waals surface area contributed by atoms with Gasteiger partial charge in [0.1, 0.15) is 12.6 Å². The molecule has 0 spiro atoms. The van der Waals surface area contributed by atoms with Crippen molar-refractivity contribution in [1.82, 2.24) is 25.2 Å². The van der Waals surface area contributed by atoms with Gasteiger partial charge in [0.05, 0.1) is 11.7 Å². The molecule has 0 saturated carbocycles. The maximum absolute atomic E-state index is 12.3. The number of aromatic nitrogens is 2. The summed E-state index contributed by atoms with van der Waals surface area (Å²) in [5.41, 5.74) is 3.03. The van der Waals surface area contributed by atoms with E-state index in [-0.39, 0.29) is 13.2 Å². The second-order valence-electron chi connectivity index (χ2n) is 5.71. The molecule has 2 unspecified atom stereocenters. The van der Waals surface area contributed by atoms with Crippen molar-refractivity contribution in [2.45, 2.75) is 31.5 Å². The topological polar surface area (TPSA) is 143 Å². The molecule has 2 N–H and O–H groups in total. The van der Waals surface area contributed by atoms with Gasteiger partial charge in [0.15, 0.2) is 0 Å². The van der Waals surface area contributed by atoms with Gasteiger partial charge < -0.3 is 4.90 Å². The Labute approximate surface area is 143 Å². The summed E-state index contributed by atoms with van der Waals surface area (Å²) in [6.45, 7) is 0.220. The minimum atomic E-state index is -4.82. The Balaban J connectivity index is 1.58. The number of amides is 3. The van der Waals surface area contributed by atoms with E-state index in [1.165, 1.54) is 4.90 Å². The Bertz CT molecular complexity index is 779. The molecule has 0 aromatic carbocycles. The van der Waals surface area contributed by atoms with Crippen LogP contribution in [0.5, 0.6) is 0 Å². The molecule has 2 bridgehead atoms. The van der Waals surface area contributed by atoms with Crippen LogP contribution in [0.2, 0.25) is 0 Å². The Morgan fingerprint density at radius 1 is 1.48 bits per heavy atom. The normalized spacial score (nSPS) is 23.2. The van der Waals surface area contributed by atoms with Crippen LogP contribution in [0.3, 0.4) is 0 Å². The highest BCUT2D eigenvalue weighted by molar-refractivity contribution is 7.80. The number of piperidine rings is 1. The van der Waals surface area contributed by atoms with E-state index >= 15 is 0 Å². The van der Waals surface area contributed by atoms with Gasteiger partial charge in [0, 0.05) is 19.8 Å². The molecule has 3 amide bonds. The molecule has 3 heterocycles. The molecule has 1 aromatic rings. The lowest BCUT2D eigenvalue weighted by atomic mass is 10.0. The summed E-state index contributed by atoms with van der Waals surface area (Å²) in [6.07, 6.45) is 2.24. The number of hydrogen-bond acceptors (Lipinski definition) is 7. The van der Waals surface area contributed by atoms with E-state index in [0.29, 0.717) is 17.9 Å². The van der Waals surface area contributed by atoms with Gasteiger partial charge in [-0.1, -0.05) is 0 Å². The summed E-state index contributed by atoms with van der Waals surface area (Å²) in [7, 11) is -3.08. The number of nitrogens with zero attached hydrogens (tertiary/aromatic N) is 4. The molecule has 2 fully saturated rings. The Morgan fingerprint density at radius 3 is 2.88 bits per heavy atom. The number of hydrogen-bond donors (Lipinski definition) is 2. The zero-order valence-electron chi connectivity index (χ0n) is 13.2. The summed E-state index contributed by atoms with van der Waals surface area (Å²) >= 11 is 0. The Morgan fingerprint density at radius 2 is 2.24 bits per heavy atom. The molecule has 138 valence electrons. The Hall–Kier alpha value is -2.22. The van der Waals surface area contributed by atoms with Crippen LogP contribution in [0.1, 0.15) is 18.5 Å². The van der Waals surface area contributed by atoms with E-state index in [1.807, 2.05) is 0 Å². The molecule has 13 heteroatoms. The van der Waals surface area contributed by atoms with E-state index in [4.69, 9.17) is 9.39 Å². The number of rotatable bonds is 6. The van der Waals surface area contributed by atoms with Crippen LogP contribution in [-0.4, -0.2) is 63.3 Å². The van der Waals surface area contributed by atoms with Crippen LogP contribution in [0.15, 0.2) is 12.3 Å². The molecule has 2 aliphatic rings. The second-order valence-corrected chi connectivity index (χ2v) is 6.72. The van der Waals surface area contributed by atoms with Gasteiger partial charge in [-0.2, -0.15) is 18.6 Å². The molecule has 1 aromatic heterocycles. The molecule has 25 heavy (non-hydrogen) atoms. The van der Waals surface area contributed by atoms with Crippen LogP contribution < -0.4 is 5.48 Å². The predicted octanol–water partition coefficient (Wildman–Crippen LogP) is -1.03. The number of aryl methyl sites for hydroxylation is 1. The lowest BCUT2D eigenvalue weighted by molar-refractivity contribution is -0.140. The average molecular weight is 375 g/mol. The van der Waals surface area contributed by atoms with Crippen molar-refractivity contribution >= 4 is 22.3 Å². The van der Waals surface area contributed by atoms with Gasteiger partial charge in [-0.25, -0.2) is 10.3 Å². The molecule has 3 rings (SSSR count). The van der Waals surface area contributed by atoms with Crippen LogP contribution in [-0.2, 0) is 38.0 Å². The highest BCUT2D eigenvalue weighted by atomic mass is 32.3. The molecule has 0 radical (unpaired) electrons. The van der Waals surface area contributed by atoms with Gasteiger partial charge in [0.2, 0.25) is 0 Å². The van der Waals surface area contributed by atoms with E-state index in [0.717, 1.165) is 5.69 Å². The zero-order chi connectivity index (χ0) is 18.2. The van der Waals surface area contributed by atoms with Crippen molar-refractivity contribution in [3.63, 3.8) is 0 Å². The lowest BCUT2D eigenvalue weighted by Gasteiger charge is -2.28. The molecule has 0 aliphatic carbocycles. The van der Waals surface area contributed by atoms with Crippen molar-refractivity contribution in [3.05, 3.63) is 18.0 Å². The first-order chi connectivity index (χ1) is 11.8. The van der Waals surface area contributed by atoms with E-state index < -0.39 is 34.4 Å². The largest absolute Gasteiger partial charge is 0.418 e. The highest BCUT2D eigenvalue weighted by Crippen LogP contribution is 2.30. The maximum Gasteiger partial charge on any atom is 0.418 e. The average Bonchev–Trinajstić information content (AvgIpc) is 3.04. The fraction of sp³-hybridized carbons (Fsp3) is 0.583. The summed E-state index contributed by atoms with van der Waals surface area (Å²) in [4.78, 5) is 30.8. The summed E-state index contributed by atoms with van der Waals surface area (Å²) in [5.74, 6) is -0.525. The third-order valence-electron chi connectivity index (χ3n) is 4.12. The monoisotopic (exact) mass is 375 g/mol. The van der Waals surface area contributed by atoms with E-state index in [2.05, 4.69) is 14.9 Å². The van der Waals surface area contributed by atoms with Gasteiger partial charge in [-0.15, -0.1) is 4.28 Å². The molecule has 12 nitrogen and oxygen atoms in total. The predicted molar refractivity (Wildman–Crippen MR) is 79.5 cm³/mol. The standard InChI is InChI=1S/C12H17N5O7S/c1-15-9(4-5-13-15)7-23-14-11(18)10-3-2-8-6-16(10)12(19)17(8)24-25(20,21)22/h4-5,8,10H,2-3,6-7H2,1H3,(H,14,18)(H,20,21,22). The zero-order valence-corrected chi connectivity index (χ0v) is 14.0. The maximum atomic E-state index is 12.3. The minimum absolute atomic E-state index is 0.101. The SMILES string of the molecule is Cn1nccc1CONC(=O)C1CCC2CN1C(=O)N2OS(=O)(=O)O. The first-order valence-electron chi connectivity index (χ1n) is 7.41. The van der Waals surface area contributed by atoms with Gasteiger partial charge in [-0.05, 0) is 18.9 Å². The van der Waals surface area contributed by atoms with Gasteiger partial charge in [-0.3, -0.25) is 18.9 Å². The Kier molecular flexibility index (Phi) is 4.64. The van der Waals surface area contributed by atoms with Crippen molar-refractivity contribution in [2.75, 3.05) is 6.54 Å².